The highest BCUT2D eigenvalue weighted by Gasteiger charge is 2.24. The molecule has 5 nitrogen and oxygen atoms in total. The van der Waals surface area contributed by atoms with Gasteiger partial charge in [0.25, 0.3) is 0 Å². The molecule has 0 aliphatic carbocycles. The first-order valence-corrected chi connectivity index (χ1v) is 11.0. The third-order valence-electron chi connectivity index (χ3n) is 5.24. The van der Waals surface area contributed by atoms with Crippen LogP contribution in [0, 0.1) is 0 Å². The first-order chi connectivity index (χ1) is 16.6. The average Bonchev–Trinajstić information content (AvgIpc) is 2.87. The van der Waals surface area contributed by atoms with Gasteiger partial charge in [-0.1, -0.05) is 91.0 Å². The van der Waals surface area contributed by atoms with Crippen molar-refractivity contribution in [2.24, 2.45) is 0 Å². The van der Waals surface area contributed by atoms with Crippen molar-refractivity contribution in [1.82, 2.24) is 0 Å². The molecule has 0 amide bonds. The van der Waals surface area contributed by atoms with Crippen molar-refractivity contribution in [1.29, 1.82) is 0 Å². The van der Waals surface area contributed by atoms with Crippen LogP contribution in [0.1, 0.15) is 34.0 Å². The molecule has 0 unspecified atom stereocenters. The molecule has 0 fully saturated rings. The van der Waals surface area contributed by atoms with E-state index in [1.807, 2.05) is 91.0 Å². The minimum atomic E-state index is -0.334. The molecule has 4 rings (SSSR count). The van der Waals surface area contributed by atoms with Crippen LogP contribution in [0.4, 0.5) is 0 Å². The van der Waals surface area contributed by atoms with Gasteiger partial charge in [-0.15, -0.1) is 0 Å². The standard InChI is InChI=1S/C29H26O5/c1-21(30)27-25(32-18-22-11-5-2-6-12-22)17-26(33-19-23-13-7-3-8-14-23)29(28(27)31)34-20-24-15-9-4-10-16-24/h2-17,31H,18-20H2,1H3. The van der Waals surface area contributed by atoms with Gasteiger partial charge in [0.15, 0.2) is 17.3 Å². The summed E-state index contributed by atoms with van der Waals surface area (Å²) in [5, 5.41) is 11.1. The van der Waals surface area contributed by atoms with Gasteiger partial charge >= 0.3 is 0 Å². The number of ether oxygens (including phenoxy) is 3. The van der Waals surface area contributed by atoms with Gasteiger partial charge in [-0.25, -0.2) is 0 Å². The Labute approximate surface area is 199 Å². The highest BCUT2D eigenvalue weighted by atomic mass is 16.5. The lowest BCUT2D eigenvalue weighted by Crippen LogP contribution is -2.07. The van der Waals surface area contributed by atoms with E-state index in [0.717, 1.165) is 16.7 Å². The van der Waals surface area contributed by atoms with Crippen LogP contribution in [0.2, 0.25) is 0 Å². The Morgan fingerprint density at radius 2 is 1.06 bits per heavy atom. The van der Waals surface area contributed by atoms with Crippen LogP contribution in [0.15, 0.2) is 97.1 Å². The van der Waals surface area contributed by atoms with E-state index in [1.165, 1.54) is 6.92 Å². The van der Waals surface area contributed by atoms with Crippen LogP contribution in [0.5, 0.6) is 23.0 Å². The predicted octanol–water partition coefficient (Wildman–Crippen LogP) is 6.33. The molecule has 0 atom stereocenters. The number of aromatic hydroxyl groups is 1. The van der Waals surface area contributed by atoms with Crippen LogP contribution in [0.3, 0.4) is 0 Å². The molecule has 4 aromatic rings. The fourth-order valence-electron chi connectivity index (χ4n) is 3.50. The molecule has 0 radical (unpaired) electrons. The molecule has 0 aromatic heterocycles. The van der Waals surface area contributed by atoms with Crippen molar-refractivity contribution < 1.29 is 24.1 Å². The Hall–Kier alpha value is -4.25. The predicted molar refractivity (Wildman–Crippen MR) is 130 cm³/mol. The molecular formula is C29H26O5. The summed E-state index contributed by atoms with van der Waals surface area (Å²) < 4.78 is 18.0. The van der Waals surface area contributed by atoms with Gasteiger partial charge in [-0.2, -0.15) is 0 Å². The molecule has 0 spiro atoms. The van der Waals surface area contributed by atoms with Crippen molar-refractivity contribution in [3.63, 3.8) is 0 Å². The summed E-state index contributed by atoms with van der Waals surface area (Å²) >= 11 is 0. The van der Waals surface area contributed by atoms with Gasteiger partial charge in [0, 0.05) is 6.07 Å². The quantitative estimate of drug-likeness (QED) is 0.284. The smallest absolute Gasteiger partial charge is 0.204 e. The zero-order valence-corrected chi connectivity index (χ0v) is 18.9. The third kappa shape index (κ3) is 5.75. The minimum Gasteiger partial charge on any atom is -0.504 e. The first-order valence-electron chi connectivity index (χ1n) is 11.0. The van der Waals surface area contributed by atoms with Gasteiger partial charge in [0.2, 0.25) is 5.75 Å². The molecule has 0 heterocycles. The number of rotatable bonds is 10. The van der Waals surface area contributed by atoms with E-state index < -0.39 is 0 Å². The second-order valence-corrected chi connectivity index (χ2v) is 7.80. The molecule has 0 saturated carbocycles. The summed E-state index contributed by atoms with van der Waals surface area (Å²) in [5.41, 5.74) is 2.88. The Kier molecular flexibility index (Phi) is 7.45. The number of carbonyl (C=O) groups is 1. The maximum absolute atomic E-state index is 12.5. The Morgan fingerprint density at radius 1 is 0.647 bits per heavy atom. The minimum absolute atomic E-state index is 0.0612. The Balaban J connectivity index is 1.67. The maximum atomic E-state index is 12.5. The number of phenols is 1. The number of carbonyl (C=O) groups excluding carboxylic acids is 1. The molecule has 4 aromatic carbocycles. The Morgan fingerprint density at radius 3 is 1.50 bits per heavy atom. The van der Waals surface area contributed by atoms with Crippen molar-refractivity contribution in [3.8, 4) is 23.0 Å². The highest BCUT2D eigenvalue weighted by Crippen LogP contribution is 2.45. The second-order valence-electron chi connectivity index (χ2n) is 7.80. The molecule has 0 aliphatic rings. The molecule has 0 saturated heterocycles. The molecule has 1 N–H and O–H groups in total. The summed E-state index contributed by atoms with van der Waals surface area (Å²) in [6, 6.07) is 30.5. The van der Waals surface area contributed by atoms with E-state index >= 15 is 0 Å². The van der Waals surface area contributed by atoms with Crippen LogP contribution >= 0.6 is 0 Å². The summed E-state index contributed by atoms with van der Waals surface area (Å²) in [5.74, 6) is 0.0168. The molecule has 172 valence electrons. The molecular weight excluding hydrogens is 428 g/mol. The van der Waals surface area contributed by atoms with Crippen molar-refractivity contribution >= 4 is 5.78 Å². The average molecular weight is 455 g/mol. The van der Waals surface area contributed by atoms with Crippen LogP contribution in [-0.4, -0.2) is 10.9 Å². The number of ketones is 1. The van der Waals surface area contributed by atoms with Gasteiger partial charge in [-0.3, -0.25) is 4.79 Å². The van der Waals surface area contributed by atoms with Crippen LogP contribution < -0.4 is 14.2 Å². The third-order valence-corrected chi connectivity index (χ3v) is 5.24. The van der Waals surface area contributed by atoms with E-state index in [0.29, 0.717) is 5.75 Å². The monoisotopic (exact) mass is 454 g/mol. The molecule has 0 bridgehead atoms. The van der Waals surface area contributed by atoms with E-state index in [4.69, 9.17) is 14.2 Å². The van der Waals surface area contributed by atoms with Crippen LogP contribution in [0.25, 0.3) is 0 Å². The zero-order valence-electron chi connectivity index (χ0n) is 18.9. The fraction of sp³-hybridized carbons (Fsp3) is 0.138. The van der Waals surface area contributed by atoms with Crippen molar-refractivity contribution in [2.75, 3.05) is 0 Å². The number of hydrogen-bond donors (Lipinski definition) is 1. The summed E-state index contributed by atoms with van der Waals surface area (Å²) in [4.78, 5) is 12.5. The first kappa shape index (κ1) is 22.9. The maximum Gasteiger partial charge on any atom is 0.204 e. The van der Waals surface area contributed by atoms with E-state index in [9.17, 15) is 9.90 Å². The fourth-order valence-corrected chi connectivity index (χ4v) is 3.50. The number of phenolic OH excluding ortho intramolecular Hbond substituents is 1. The second kappa shape index (κ2) is 11.1. The van der Waals surface area contributed by atoms with E-state index in [2.05, 4.69) is 0 Å². The molecule has 34 heavy (non-hydrogen) atoms. The molecule has 5 heteroatoms. The lowest BCUT2D eigenvalue weighted by molar-refractivity contribution is 0.100. The topological polar surface area (TPSA) is 65.0 Å². The summed E-state index contributed by atoms with van der Waals surface area (Å²) in [7, 11) is 0. The van der Waals surface area contributed by atoms with Gasteiger partial charge < -0.3 is 19.3 Å². The van der Waals surface area contributed by atoms with Crippen LogP contribution in [-0.2, 0) is 19.8 Å². The van der Waals surface area contributed by atoms with Gasteiger partial charge in [-0.05, 0) is 23.6 Å². The summed E-state index contributed by atoms with van der Waals surface area (Å²) in [6.45, 7) is 2.09. The lowest BCUT2D eigenvalue weighted by Gasteiger charge is -2.19. The lowest BCUT2D eigenvalue weighted by atomic mass is 10.1. The molecule has 0 aliphatic heterocycles. The largest absolute Gasteiger partial charge is 0.504 e. The number of hydrogen-bond acceptors (Lipinski definition) is 5. The summed E-state index contributed by atoms with van der Waals surface area (Å²) in [6.07, 6.45) is 0. The highest BCUT2D eigenvalue weighted by molar-refractivity contribution is 6.01. The van der Waals surface area contributed by atoms with Gasteiger partial charge in [0.1, 0.15) is 31.1 Å². The Bertz CT molecular complexity index is 1220. The normalized spacial score (nSPS) is 10.5. The SMILES string of the molecule is CC(=O)c1c(OCc2ccccc2)cc(OCc2ccccc2)c(OCc2ccccc2)c1O. The number of benzene rings is 4. The number of Topliss-reactive ketones (excluding diaryl/α,β-unsaturated/α-hetero) is 1. The van der Waals surface area contributed by atoms with E-state index in [-0.39, 0.29) is 48.4 Å². The zero-order chi connectivity index (χ0) is 23.8. The van der Waals surface area contributed by atoms with Crippen molar-refractivity contribution in [2.45, 2.75) is 26.7 Å². The van der Waals surface area contributed by atoms with E-state index in [1.54, 1.807) is 6.07 Å². The van der Waals surface area contributed by atoms with Gasteiger partial charge in [0.05, 0.1) is 0 Å². The van der Waals surface area contributed by atoms with Crippen molar-refractivity contribution in [3.05, 3.63) is 119 Å².